The normalized spacial score (nSPS) is 14.5. The van der Waals surface area contributed by atoms with Crippen LogP contribution < -0.4 is 0 Å². The lowest BCUT2D eigenvalue weighted by Crippen LogP contribution is -2.37. The molecular formula is C60H97NO8P+. The van der Waals surface area contributed by atoms with E-state index in [2.05, 4.69) is 154 Å². The van der Waals surface area contributed by atoms with Gasteiger partial charge < -0.3 is 18.9 Å². The lowest BCUT2D eigenvalue weighted by Gasteiger charge is -2.24. The summed E-state index contributed by atoms with van der Waals surface area (Å²) in [5.41, 5.74) is 0. The molecule has 0 aromatic carbocycles. The number of quaternary nitrogens is 1. The maximum Gasteiger partial charge on any atom is 0.472 e. The van der Waals surface area contributed by atoms with Gasteiger partial charge >= 0.3 is 19.8 Å². The predicted molar refractivity (Wildman–Crippen MR) is 297 cm³/mol. The van der Waals surface area contributed by atoms with Crippen molar-refractivity contribution in [3.05, 3.63) is 146 Å². The van der Waals surface area contributed by atoms with Gasteiger partial charge in [-0.15, -0.1) is 0 Å². The second kappa shape index (κ2) is 49.9. The zero-order chi connectivity index (χ0) is 51.3. The Morgan fingerprint density at radius 3 is 1.19 bits per heavy atom. The molecule has 0 saturated carbocycles. The van der Waals surface area contributed by atoms with Crippen molar-refractivity contribution in [2.75, 3.05) is 47.5 Å². The first-order chi connectivity index (χ1) is 34.0. The highest BCUT2D eigenvalue weighted by Gasteiger charge is 2.27. The molecule has 0 aliphatic heterocycles. The molecule has 2 atom stereocenters. The van der Waals surface area contributed by atoms with Crippen LogP contribution in [0.5, 0.6) is 0 Å². The van der Waals surface area contributed by atoms with Gasteiger partial charge in [-0.1, -0.05) is 192 Å². The average Bonchev–Trinajstić information content (AvgIpc) is 3.32. The summed E-state index contributed by atoms with van der Waals surface area (Å²) in [4.78, 5) is 35.6. The Morgan fingerprint density at radius 2 is 0.786 bits per heavy atom. The first kappa shape index (κ1) is 65.9. The minimum absolute atomic E-state index is 0.00936. The van der Waals surface area contributed by atoms with Crippen molar-refractivity contribution in [3.8, 4) is 0 Å². The van der Waals surface area contributed by atoms with E-state index in [9.17, 15) is 19.0 Å². The summed E-state index contributed by atoms with van der Waals surface area (Å²) in [6.45, 7) is 4.09. The number of nitrogens with zero attached hydrogens (tertiary/aromatic N) is 1. The van der Waals surface area contributed by atoms with Crippen LogP contribution in [0.4, 0.5) is 0 Å². The third-order valence-electron chi connectivity index (χ3n) is 10.4. The number of esters is 2. The summed E-state index contributed by atoms with van der Waals surface area (Å²) in [5, 5.41) is 0. The topological polar surface area (TPSA) is 108 Å². The molecule has 0 radical (unpaired) electrons. The van der Waals surface area contributed by atoms with Gasteiger partial charge in [0.2, 0.25) is 0 Å². The first-order valence-electron chi connectivity index (χ1n) is 26.6. The number of rotatable bonds is 46. The van der Waals surface area contributed by atoms with Crippen molar-refractivity contribution in [1.82, 2.24) is 0 Å². The van der Waals surface area contributed by atoms with Crippen LogP contribution >= 0.6 is 7.82 Å². The summed E-state index contributed by atoms with van der Waals surface area (Å²) < 4.78 is 34.4. The van der Waals surface area contributed by atoms with Crippen LogP contribution in [0, 0.1) is 0 Å². The van der Waals surface area contributed by atoms with Crippen molar-refractivity contribution in [2.45, 2.75) is 174 Å². The van der Waals surface area contributed by atoms with E-state index in [0.29, 0.717) is 30.3 Å². The molecule has 0 aromatic rings. The van der Waals surface area contributed by atoms with Crippen LogP contribution in [0.1, 0.15) is 168 Å². The van der Waals surface area contributed by atoms with Crippen LogP contribution in [-0.4, -0.2) is 74.9 Å². The lowest BCUT2D eigenvalue weighted by molar-refractivity contribution is -0.870. The highest BCUT2D eigenvalue weighted by atomic mass is 31.2. The zero-order valence-corrected chi connectivity index (χ0v) is 45.3. The van der Waals surface area contributed by atoms with E-state index < -0.39 is 32.5 Å². The van der Waals surface area contributed by atoms with E-state index >= 15 is 0 Å². The second-order valence-corrected chi connectivity index (χ2v) is 19.6. The Bertz CT molecular complexity index is 1690. The molecule has 70 heavy (non-hydrogen) atoms. The van der Waals surface area contributed by atoms with Crippen LogP contribution in [-0.2, 0) is 32.7 Å². The van der Waals surface area contributed by atoms with Gasteiger partial charge in [-0.2, -0.15) is 0 Å². The molecule has 394 valence electrons. The molecular weight excluding hydrogens is 894 g/mol. The van der Waals surface area contributed by atoms with Gasteiger partial charge in [-0.05, 0) is 109 Å². The number of likely N-dealkylation sites (N-methyl/N-ethyl adjacent to an activating group) is 1. The molecule has 0 amide bonds. The third kappa shape index (κ3) is 53.2. The molecule has 0 saturated heterocycles. The van der Waals surface area contributed by atoms with E-state index in [0.717, 1.165) is 103 Å². The first-order valence-corrected chi connectivity index (χ1v) is 28.1. The van der Waals surface area contributed by atoms with Crippen LogP contribution in [0.3, 0.4) is 0 Å². The highest BCUT2D eigenvalue weighted by Crippen LogP contribution is 2.43. The van der Waals surface area contributed by atoms with Crippen molar-refractivity contribution in [1.29, 1.82) is 0 Å². The Morgan fingerprint density at radius 1 is 0.443 bits per heavy atom. The fraction of sp³-hybridized carbons (Fsp3) is 0.567. The maximum atomic E-state index is 12.8. The summed E-state index contributed by atoms with van der Waals surface area (Å²) in [6, 6.07) is 0. The minimum atomic E-state index is -4.41. The lowest BCUT2D eigenvalue weighted by atomic mass is 10.1. The number of hydrogen-bond acceptors (Lipinski definition) is 7. The van der Waals surface area contributed by atoms with Crippen molar-refractivity contribution >= 4 is 19.8 Å². The number of hydrogen-bond donors (Lipinski definition) is 1. The number of carbonyl (C=O) groups excluding carboxylic acids is 2. The maximum absolute atomic E-state index is 12.8. The molecule has 0 spiro atoms. The minimum Gasteiger partial charge on any atom is -0.462 e. The van der Waals surface area contributed by atoms with Crippen molar-refractivity contribution in [3.63, 3.8) is 0 Å². The van der Waals surface area contributed by atoms with Crippen molar-refractivity contribution in [2.24, 2.45) is 0 Å². The fourth-order valence-electron chi connectivity index (χ4n) is 6.32. The molecule has 0 rings (SSSR count). The van der Waals surface area contributed by atoms with Crippen LogP contribution in [0.2, 0.25) is 0 Å². The molecule has 10 heteroatoms. The van der Waals surface area contributed by atoms with Crippen LogP contribution in [0.25, 0.3) is 0 Å². The average molecular weight is 991 g/mol. The van der Waals surface area contributed by atoms with E-state index in [4.69, 9.17) is 18.5 Å². The van der Waals surface area contributed by atoms with Gasteiger partial charge in [0.1, 0.15) is 19.8 Å². The molecule has 2 unspecified atom stereocenters. The van der Waals surface area contributed by atoms with Gasteiger partial charge in [-0.3, -0.25) is 18.6 Å². The highest BCUT2D eigenvalue weighted by molar-refractivity contribution is 7.47. The molecule has 0 aromatic heterocycles. The molecule has 0 aliphatic rings. The zero-order valence-electron chi connectivity index (χ0n) is 44.4. The summed E-state index contributed by atoms with van der Waals surface area (Å²) in [6.07, 6.45) is 73.4. The van der Waals surface area contributed by atoms with Gasteiger partial charge in [0.25, 0.3) is 0 Å². The van der Waals surface area contributed by atoms with Gasteiger partial charge in [-0.25, -0.2) is 4.57 Å². The van der Waals surface area contributed by atoms with Gasteiger partial charge in [0, 0.05) is 12.8 Å². The predicted octanol–water partition coefficient (Wildman–Crippen LogP) is 16.4. The standard InChI is InChI=1S/C60H96NO8P/c1-6-8-10-12-14-16-18-20-22-24-26-28-30-32-34-36-38-40-42-44-46-48-50-52-59(62)66-56-58(57-68-70(64,65)67-55-54-61(3,4)5)69-60(63)53-51-49-47-45-43-41-39-37-35-33-31-29-27-25-23-21-19-17-15-13-11-9-7-2/h8-11,14-17,20-23,26-29,32-35,39,41,45,47,58H,6-7,12-13,18-19,24-25,30-31,36-38,40,42-44,46,48-57H2,1-5H3/p+1/b10-8-,11-9-,16-14-,17-15-,22-20-,23-21-,28-26-,29-27-,34-32-,35-33-,41-39-,47-45-. The largest absolute Gasteiger partial charge is 0.472 e. The summed E-state index contributed by atoms with van der Waals surface area (Å²) >= 11 is 0. The smallest absolute Gasteiger partial charge is 0.462 e. The number of phosphoric acid groups is 1. The molecule has 0 bridgehead atoms. The monoisotopic (exact) mass is 991 g/mol. The summed E-state index contributed by atoms with van der Waals surface area (Å²) in [7, 11) is 1.41. The van der Waals surface area contributed by atoms with Crippen molar-refractivity contribution < 1.29 is 42.1 Å². The molecule has 0 fully saturated rings. The quantitative estimate of drug-likeness (QED) is 0.0211. The van der Waals surface area contributed by atoms with Gasteiger partial charge in [0.15, 0.2) is 6.10 Å². The third-order valence-corrected chi connectivity index (χ3v) is 11.3. The molecule has 0 aliphatic carbocycles. The molecule has 0 heterocycles. The SMILES string of the molecule is CC/C=C\C/C=C\C/C=C\C/C=C\C/C=C\C/C=C\C/C=C\CCCC(=O)OC(COC(=O)CCCCCCCCC/C=C\C/C=C\C/C=C\C/C=C\C/C=C\CC)COP(=O)(O)OCC[N+](C)(C)C. The van der Waals surface area contributed by atoms with E-state index in [1.165, 1.54) is 19.3 Å². The number of ether oxygens (including phenoxy) is 2. The fourth-order valence-corrected chi connectivity index (χ4v) is 7.06. The van der Waals surface area contributed by atoms with E-state index in [-0.39, 0.29) is 26.1 Å². The molecule has 1 N–H and O–H groups in total. The number of unbranched alkanes of at least 4 members (excludes halogenated alkanes) is 8. The van der Waals surface area contributed by atoms with Crippen LogP contribution in [0.15, 0.2) is 146 Å². The Hall–Kier alpha value is -4.11. The molecule has 9 nitrogen and oxygen atoms in total. The number of phosphoric ester groups is 1. The Labute approximate surface area is 427 Å². The Balaban J connectivity index is 4.41. The summed E-state index contributed by atoms with van der Waals surface area (Å²) in [5.74, 6) is -0.895. The Kier molecular flexibility index (Phi) is 46.9. The van der Waals surface area contributed by atoms with E-state index in [1.54, 1.807) is 0 Å². The van der Waals surface area contributed by atoms with E-state index in [1.807, 2.05) is 27.2 Å². The second-order valence-electron chi connectivity index (χ2n) is 18.1. The number of carbonyl (C=O) groups is 2. The number of allylic oxidation sites excluding steroid dienone is 24. The van der Waals surface area contributed by atoms with Gasteiger partial charge in [0.05, 0.1) is 27.7 Å².